The lowest BCUT2D eigenvalue weighted by molar-refractivity contribution is 0.199. The molecule has 2 aromatic rings. The van der Waals surface area contributed by atoms with Crippen LogP contribution < -0.4 is 10.6 Å². The zero-order valence-corrected chi connectivity index (χ0v) is 12.2. The highest BCUT2D eigenvalue weighted by Crippen LogP contribution is 2.15. The average molecular weight is 291 g/mol. The van der Waals surface area contributed by atoms with E-state index in [0.717, 1.165) is 16.1 Å². The standard InChI is InChI=1S/C14H17N3O2S/c1-9-13(20-8-16-9)7-15-14(19)17-12-5-3-11(4-6-12)10(2)18/h3-6,8,10,18H,7H2,1-2H3,(H2,15,17,19). The predicted molar refractivity (Wildman–Crippen MR) is 79.8 cm³/mol. The normalized spacial score (nSPS) is 11.9. The highest BCUT2D eigenvalue weighted by atomic mass is 32.1. The van der Waals surface area contributed by atoms with Crippen LogP contribution >= 0.6 is 11.3 Å². The van der Waals surface area contributed by atoms with Crippen LogP contribution in [0.1, 0.15) is 29.2 Å². The van der Waals surface area contributed by atoms with Crippen molar-refractivity contribution in [3.05, 3.63) is 45.9 Å². The molecule has 2 amide bonds. The molecule has 0 saturated heterocycles. The molecule has 1 heterocycles. The molecule has 0 saturated carbocycles. The van der Waals surface area contributed by atoms with Crippen molar-refractivity contribution in [1.29, 1.82) is 0 Å². The minimum atomic E-state index is -0.507. The quantitative estimate of drug-likeness (QED) is 0.811. The molecule has 5 nitrogen and oxygen atoms in total. The molecule has 1 aromatic carbocycles. The molecule has 0 aliphatic heterocycles. The molecule has 20 heavy (non-hydrogen) atoms. The van der Waals surface area contributed by atoms with Crippen LogP contribution in [-0.4, -0.2) is 16.1 Å². The summed E-state index contributed by atoms with van der Waals surface area (Å²) in [5, 5.41) is 14.9. The van der Waals surface area contributed by atoms with Crippen LogP contribution in [0.2, 0.25) is 0 Å². The third-order valence-electron chi connectivity index (χ3n) is 2.91. The summed E-state index contributed by atoms with van der Waals surface area (Å²) in [4.78, 5) is 16.9. The first-order chi connectivity index (χ1) is 9.56. The number of aliphatic hydroxyl groups excluding tert-OH is 1. The van der Waals surface area contributed by atoms with Gasteiger partial charge >= 0.3 is 6.03 Å². The number of nitrogens with one attached hydrogen (secondary N) is 2. The van der Waals surface area contributed by atoms with E-state index in [1.165, 1.54) is 11.3 Å². The molecule has 1 unspecified atom stereocenters. The second-order valence-corrected chi connectivity index (χ2v) is 5.41. The zero-order chi connectivity index (χ0) is 14.5. The number of anilines is 1. The van der Waals surface area contributed by atoms with E-state index >= 15 is 0 Å². The topological polar surface area (TPSA) is 74.2 Å². The van der Waals surface area contributed by atoms with Gasteiger partial charge in [-0.05, 0) is 31.5 Å². The molecular weight excluding hydrogens is 274 g/mol. The molecule has 1 atom stereocenters. The number of carbonyl (C=O) groups is 1. The van der Waals surface area contributed by atoms with Crippen molar-refractivity contribution < 1.29 is 9.90 Å². The molecule has 6 heteroatoms. The monoisotopic (exact) mass is 291 g/mol. The maximum Gasteiger partial charge on any atom is 0.319 e. The molecule has 2 rings (SSSR count). The highest BCUT2D eigenvalue weighted by molar-refractivity contribution is 7.09. The Kier molecular flexibility index (Phi) is 4.70. The molecule has 0 bridgehead atoms. The first-order valence-corrected chi connectivity index (χ1v) is 7.16. The van der Waals surface area contributed by atoms with Crippen LogP contribution in [0.4, 0.5) is 10.5 Å². The Morgan fingerprint density at radius 2 is 2.10 bits per heavy atom. The Balaban J connectivity index is 1.86. The van der Waals surface area contributed by atoms with E-state index in [1.54, 1.807) is 36.7 Å². The van der Waals surface area contributed by atoms with Gasteiger partial charge in [0.2, 0.25) is 0 Å². The maximum absolute atomic E-state index is 11.8. The van der Waals surface area contributed by atoms with E-state index in [0.29, 0.717) is 12.2 Å². The molecule has 0 radical (unpaired) electrons. The molecule has 0 fully saturated rings. The van der Waals surface area contributed by atoms with Gasteiger partial charge in [0.1, 0.15) is 0 Å². The fourth-order valence-corrected chi connectivity index (χ4v) is 2.39. The van der Waals surface area contributed by atoms with Crippen LogP contribution in [0.3, 0.4) is 0 Å². The third-order valence-corrected chi connectivity index (χ3v) is 3.84. The van der Waals surface area contributed by atoms with Crippen LogP contribution in [0.15, 0.2) is 29.8 Å². The van der Waals surface area contributed by atoms with Crippen molar-refractivity contribution in [3.63, 3.8) is 0 Å². The Bertz CT molecular complexity index is 578. The number of aromatic nitrogens is 1. The summed E-state index contributed by atoms with van der Waals surface area (Å²) in [6.07, 6.45) is -0.507. The van der Waals surface area contributed by atoms with Crippen molar-refractivity contribution in [2.45, 2.75) is 26.5 Å². The molecule has 0 spiro atoms. The lowest BCUT2D eigenvalue weighted by Gasteiger charge is -2.09. The SMILES string of the molecule is Cc1ncsc1CNC(=O)Nc1ccc(C(C)O)cc1. The van der Waals surface area contributed by atoms with Gasteiger partial charge in [-0.25, -0.2) is 9.78 Å². The number of amides is 2. The molecule has 3 N–H and O–H groups in total. The van der Waals surface area contributed by atoms with Gasteiger partial charge in [0.25, 0.3) is 0 Å². The largest absolute Gasteiger partial charge is 0.389 e. The summed E-state index contributed by atoms with van der Waals surface area (Å²) in [6.45, 7) is 4.08. The summed E-state index contributed by atoms with van der Waals surface area (Å²) in [7, 11) is 0. The van der Waals surface area contributed by atoms with Crippen molar-refractivity contribution >= 4 is 23.1 Å². The average Bonchev–Trinajstić information content (AvgIpc) is 2.82. The summed E-state index contributed by atoms with van der Waals surface area (Å²) in [6, 6.07) is 6.84. The number of urea groups is 1. The minimum Gasteiger partial charge on any atom is -0.389 e. The van der Waals surface area contributed by atoms with Crippen molar-refractivity contribution in [3.8, 4) is 0 Å². The van der Waals surface area contributed by atoms with Crippen LogP contribution in [0.25, 0.3) is 0 Å². The maximum atomic E-state index is 11.8. The van der Waals surface area contributed by atoms with Gasteiger partial charge < -0.3 is 15.7 Å². The first kappa shape index (κ1) is 14.5. The number of aliphatic hydroxyl groups is 1. The van der Waals surface area contributed by atoms with E-state index < -0.39 is 6.10 Å². The number of hydrogen-bond acceptors (Lipinski definition) is 4. The summed E-state index contributed by atoms with van der Waals surface area (Å²) in [5.41, 5.74) is 4.21. The Labute approximate surface area is 121 Å². The molecule has 1 aromatic heterocycles. The molecule has 0 aliphatic carbocycles. The third kappa shape index (κ3) is 3.79. The summed E-state index contributed by atoms with van der Waals surface area (Å²) in [5.74, 6) is 0. The molecule has 106 valence electrons. The Morgan fingerprint density at radius 1 is 1.40 bits per heavy atom. The Hall–Kier alpha value is -1.92. The van der Waals surface area contributed by atoms with Crippen LogP contribution in [0.5, 0.6) is 0 Å². The first-order valence-electron chi connectivity index (χ1n) is 6.28. The van der Waals surface area contributed by atoms with E-state index in [4.69, 9.17) is 0 Å². The molecular formula is C14H17N3O2S. The van der Waals surface area contributed by atoms with Gasteiger partial charge in [-0.2, -0.15) is 0 Å². The van der Waals surface area contributed by atoms with E-state index in [-0.39, 0.29) is 6.03 Å². The van der Waals surface area contributed by atoms with E-state index in [2.05, 4.69) is 15.6 Å². The van der Waals surface area contributed by atoms with Gasteiger partial charge in [-0.15, -0.1) is 11.3 Å². The van der Waals surface area contributed by atoms with Crippen molar-refractivity contribution in [2.75, 3.05) is 5.32 Å². The predicted octanol–water partition coefficient (Wildman–Crippen LogP) is 2.83. The van der Waals surface area contributed by atoms with Gasteiger partial charge in [-0.3, -0.25) is 0 Å². The van der Waals surface area contributed by atoms with Gasteiger partial charge in [0, 0.05) is 10.6 Å². The van der Waals surface area contributed by atoms with Crippen LogP contribution in [0, 0.1) is 6.92 Å². The molecule has 0 aliphatic rings. The fraction of sp³-hybridized carbons (Fsp3) is 0.286. The zero-order valence-electron chi connectivity index (χ0n) is 11.4. The van der Waals surface area contributed by atoms with Crippen LogP contribution in [-0.2, 0) is 6.54 Å². The van der Waals surface area contributed by atoms with Crippen molar-refractivity contribution in [1.82, 2.24) is 10.3 Å². The highest BCUT2D eigenvalue weighted by Gasteiger charge is 2.06. The number of hydrogen-bond donors (Lipinski definition) is 3. The number of nitrogens with zero attached hydrogens (tertiary/aromatic N) is 1. The number of carbonyl (C=O) groups excluding carboxylic acids is 1. The number of aryl methyl sites for hydroxylation is 1. The fourth-order valence-electron chi connectivity index (χ4n) is 1.68. The summed E-state index contributed by atoms with van der Waals surface area (Å²) >= 11 is 1.52. The van der Waals surface area contributed by atoms with Crippen molar-refractivity contribution in [2.24, 2.45) is 0 Å². The second-order valence-electron chi connectivity index (χ2n) is 4.47. The smallest absolute Gasteiger partial charge is 0.319 e. The van der Waals surface area contributed by atoms with E-state index in [9.17, 15) is 9.90 Å². The second kappa shape index (κ2) is 6.49. The Morgan fingerprint density at radius 3 is 2.65 bits per heavy atom. The number of rotatable bonds is 4. The minimum absolute atomic E-state index is 0.261. The van der Waals surface area contributed by atoms with Gasteiger partial charge in [0.05, 0.1) is 23.9 Å². The lowest BCUT2D eigenvalue weighted by Crippen LogP contribution is -2.28. The summed E-state index contributed by atoms with van der Waals surface area (Å²) < 4.78 is 0. The lowest BCUT2D eigenvalue weighted by atomic mass is 10.1. The van der Waals surface area contributed by atoms with Gasteiger partial charge in [0.15, 0.2) is 0 Å². The van der Waals surface area contributed by atoms with Gasteiger partial charge in [-0.1, -0.05) is 12.1 Å². The number of thiazole rings is 1. The number of benzene rings is 1. The van der Waals surface area contributed by atoms with E-state index in [1.807, 2.05) is 6.92 Å².